The molecule has 0 N–H and O–H groups in total. The Morgan fingerprint density at radius 1 is 0.321 bits per heavy atom. The van der Waals surface area contributed by atoms with Gasteiger partial charge in [0.25, 0.3) is 0 Å². The van der Waals surface area contributed by atoms with Gasteiger partial charge in [0.2, 0.25) is 0 Å². The minimum absolute atomic E-state index is 0.109. The third-order valence-electron chi connectivity index (χ3n) is 17.0. The van der Waals surface area contributed by atoms with Crippen LogP contribution in [0.4, 0.5) is 34.1 Å². The molecule has 0 unspecified atom stereocenters. The van der Waals surface area contributed by atoms with Gasteiger partial charge in [-0.05, 0) is 140 Å². The average molecular weight is 1030 g/mol. The Hall–Kier alpha value is -7.56. The zero-order valence-corrected chi connectivity index (χ0v) is 48.9. The first-order chi connectivity index (χ1) is 37.1. The number of rotatable bonds is 10. The summed E-state index contributed by atoms with van der Waals surface area (Å²) in [5.41, 5.74) is 20.2. The van der Waals surface area contributed by atoms with Gasteiger partial charge in [0.05, 0.1) is 22.7 Å². The fourth-order valence-electron chi connectivity index (χ4n) is 12.8. The summed E-state index contributed by atoms with van der Waals surface area (Å²) < 4.78 is 14.6. The lowest BCUT2D eigenvalue weighted by Crippen LogP contribution is -2.14. The summed E-state index contributed by atoms with van der Waals surface area (Å²) >= 11 is 0. The fourth-order valence-corrected chi connectivity index (χ4v) is 12.8. The van der Waals surface area contributed by atoms with Gasteiger partial charge in [-0.15, -0.1) is 0 Å². The standard InChI is InChI=1S/C74H76N2O2/c1-41(2)47-29-35-61(45(9)37-47)75(63-27-19-23-53-51-21-17-25-59(73(11,12)13)69(51)77-71(53)63)65-39-57(43(5)6)49-32-34-56-66(40-58(44(7)8)50-31-33-55(65)67(49)68(50)56)76(62-36-30-48(42(3)4)38-46(62)10)64-28-20-24-54-52-22-18-26-60(74(14,15)16)70(52)78-72(54)64/h17-44H,1-16H3. The molecule has 2 aromatic heterocycles. The van der Waals surface area contributed by atoms with Crippen molar-refractivity contribution in [1.82, 2.24) is 0 Å². The number of furan rings is 2. The van der Waals surface area contributed by atoms with E-state index in [2.05, 4.69) is 266 Å². The first-order valence-corrected chi connectivity index (χ1v) is 28.6. The van der Waals surface area contributed by atoms with Gasteiger partial charge in [-0.3, -0.25) is 0 Å². The number of nitrogens with zero attached hydrogens (tertiary/aromatic N) is 2. The second kappa shape index (κ2) is 18.5. The summed E-state index contributed by atoms with van der Waals surface area (Å²) in [4.78, 5) is 5.06. The summed E-state index contributed by atoms with van der Waals surface area (Å²) in [6.45, 7) is 36.8. The Morgan fingerprint density at radius 2 is 0.667 bits per heavy atom. The summed E-state index contributed by atoms with van der Waals surface area (Å²) in [5.74, 6) is 1.23. The maximum Gasteiger partial charge on any atom is 0.159 e. The first-order valence-electron chi connectivity index (χ1n) is 28.6. The third-order valence-corrected chi connectivity index (χ3v) is 17.0. The second-order valence-corrected chi connectivity index (χ2v) is 25.8. The molecule has 2 heterocycles. The molecule has 12 rings (SSSR count). The van der Waals surface area contributed by atoms with Crippen molar-refractivity contribution < 1.29 is 8.83 Å². The van der Waals surface area contributed by atoms with Crippen molar-refractivity contribution in [3.8, 4) is 0 Å². The molecule has 0 saturated carbocycles. The highest BCUT2D eigenvalue weighted by atomic mass is 16.3. The lowest BCUT2D eigenvalue weighted by atomic mass is 9.84. The van der Waals surface area contributed by atoms with Crippen LogP contribution >= 0.6 is 0 Å². The van der Waals surface area contributed by atoms with Gasteiger partial charge in [-0.1, -0.05) is 206 Å². The quantitative estimate of drug-likeness (QED) is 0.128. The Morgan fingerprint density at radius 3 is 1.00 bits per heavy atom. The van der Waals surface area contributed by atoms with Gasteiger partial charge in [0.1, 0.15) is 11.2 Å². The number of fused-ring (bicyclic) bond motifs is 6. The number of para-hydroxylation sites is 4. The Kier molecular flexibility index (Phi) is 12.2. The van der Waals surface area contributed by atoms with E-state index < -0.39 is 0 Å². The molecule has 394 valence electrons. The van der Waals surface area contributed by atoms with E-state index in [9.17, 15) is 0 Å². The Bertz CT molecular complexity index is 4050. The molecule has 0 aliphatic heterocycles. The van der Waals surface area contributed by atoms with Crippen LogP contribution in [0.15, 0.2) is 154 Å². The van der Waals surface area contributed by atoms with Crippen LogP contribution in [0.1, 0.15) is 165 Å². The van der Waals surface area contributed by atoms with Crippen molar-refractivity contribution in [3.63, 3.8) is 0 Å². The van der Waals surface area contributed by atoms with Crippen LogP contribution in [0.3, 0.4) is 0 Å². The van der Waals surface area contributed by atoms with Gasteiger partial charge in [-0.2, -0.15) is 0 Å². The summed E-state index contributed by atoms with van der Waals surface area (Å²) in [7, 11) is 0. The third kappa shape index (κ3) is 8.07. The van der Waals surface area contributed by atoms with E-state index in [0.29, 0.717) is 11.8 Å². The minimum atomic E-state index is -0.109. The molecule has 0 aliphatic rings. The molecule has 10 aromatic carbocycles. The molecule has 0 radical (unpaired) electrons. The zero-order chi connectivity index (χ0) is 55.0. The van der Waals surface area contributed by atoms with E-state index in [-0.39, 0.29) is 22.7 Å². The van der Waals surface area contributed by atoms with Crippen LogP contribution in [-0.2, 0) is 10.8 Å². The van der Waals surface area contributed by atoms with Gasteiger partial charge in [0.15, 0.2) is 11.2 Å². The van der Waals surface area contributed by atoms with E-state index in [4.69, 9.17) is 8.83 Å². The molecule has 0 aliphatic carbocycles. The molecule has 0 spiro atoms. The highest BCUT2D eigenvalue weighted by molar-refractivity contribution is 6.30. The molecular formula is C74H76N2O2. The van der Waals surface area contributed by atoms with E-state index in [1.165, 1.54) is 76.8 Å². The van der Waals surface area contributed by atoms with Gasteiger partial charge >= 0.3 is 0 Å². The number of aryl methyl sites for hydroxylation is 2. The predicted molar refractivity (Wildman–Crippen MR) is 337 cm³/mol. The maximum absolute atomic E-state index is 7.29. The summed E-state index contributed by atoms with van der Waals surface area (Å²) in [6.07, 6.45) is 0. The topological polar surface area (TPSA) is 32.8 Å². The molecular weight excluding hydrogens is 949 g/mol. The lowest BCUT2D eigenvalue weighted by Gasteiger charge is -2.32. The summed E-state index contributed by atoms with van der Waals surface area (Å²) in [5, 5.41) is 12.1. The largest absolute Gasteiger partial charge is 0.454 e. The normalized spacial score (nSPS) is 12.8. The van der Waals surface area contributed by atoms with Gasteiger partial charge in [0, 0.05) is 54.8 Å². The van der Waals surface area contributed by atoms with Crippen molar-refractivity contribution in [2.75, 3.05) is 9.80 Å². The van der Waals surface area contributed by atoms with Crippen LogP contribution in [0.25, 0.3) is 76.2 Å². The Balaban J connectivity index is 1.21. The number of benzene rings is 10. The lowest BCUT2D eigenvalue weighted by molar-refractivity contribution is 0.572. The van der Waals surface area contributed by atoms with Gasteiger partial charge in [-0.25, -0.2) is 0 Å². The molecule has 0 saturated heterocycles. The highest BCUT2D eigenvalue weighted by Crippen LogP contribution is 2.54. The highest BCUT2D eigenvalue weighted by Gasteiger charge is 2.31. The minimum Gasteiger partial charge on any atom is -0.454 e. The van der Waals surface area contributed by atoms with Crippen LogP contribution < -0.4 is 9.80 Å². The summed E-state index contributed by atoms with van der Waals surface area (Å²) in [6, 6.07) is 55.6. The van der Waals surface area contributed by atoms with Crippen molar-refractivity contribution in [1.29, 1.82) is 0 Å². The molecule has 0 amide bonds. The van der Waals surface area contributed by atoms with Gasteiger partial charge < -0.3 is 18.6 Å². The maximum atomic E-state index is 7.29. The monoisotopic (exact) mass is 1020 g/mol. The molecule has 4 nitrogen and oxygen atoms in total. The molecule has 0 fully saturated rings. The first kappa shape index (κ1) is 51.2. The van der Waals surface area contributed by atoms with Crippen molar-refractivity contribution >= 4 is 110 Å². The van der Waals surface area contributed by atoms with Crippen LogP contribution in [-0.4, -0.2) is 0 Å². The number of hydrogen-bond acceptors (Lipinski definition) is 4. The second-order valence-electron chi connectivity index (χ2n) is 25.8. The van der Waals surface area contributed by atoms with Crippen LogP contribution in [0.2, 0.25) is 0 Å². The molecule has 12 aromatic rings. The number of anilines is 6. The van der Waals surface area contributed by atoms with Crippen molar-refractivity contribution in [2.24, 2.45) is 0 Å². The van der Waals surface area contributed by atoms with Crippen LogP contribution in [0, 0.1) is 13.8 Å². The molecule has 0 atom stereocenters. The fraction of sp³-hybridized carbons (Fsp3) is 0.297. The Labute approximate surface area is 462 Å². The predicted octanol–water partition coefficient (Wildman–Crippen LogP) is 23.0. The number of hydrogen-bond donors (Lipinski definition) is 0. The zero-order valence-electron chi connectivity index (χ0n) is 48.9. The van der Waals surface area contributed by atoms with Crippen molar-refractivity contribution in [3.05, 3.63) is 190 Å². The molecule has 0 bridgehead atoms. The van der Waals surface area contributed by atoms with E-state index in [1.54, 1.807) is 0 Å². The van der Waals surface area contributed by atoms with E-state index in [0.717, 1.165) is 78.0 Å². The molecule has 4 heteroatoms. The molecule has 78 heavy (non-hydrogen) atoms. The van der Waals surface area contributed by atoms with E-state index >= 15 is 0 Å². The SMILES string of the molecule is Cc1cc(C(C)C)ccc1N(c1cc(C(C)C)c2ccc3c(N(c4ccc(C(C)C)cc4C)c4cccc5c4oc4c(C(C)(C)C)cccc45)cc(C(C)C)c4ccc1c2c43)c1cccc2c1oc1c(C(C)(C)C)cccc12. The van der Waals surface area contributed by atoms with Crippen LogP contribution in [0.5, 0.6) is 0 Å². The van der Waals surface area contributed by atoms with E-state index in [1.807, 2.05) is 0 Å². The smallest absolute Gasteiger partial charge is 0.159 e. The average Bonchev–Trinajstić information content (AvgIpc) is 3.63. The van der Waals surface area contributed by atoms with Crippen molar-refractivity contribution in [2.45, 2.75) is 145 Å².